The normalized spacial score (nSPS) is 10.8. The standard InChI is InChI=1S/C17H19N3O4/c1-12(2)24-16-8-7-13(9-17(16)23-3)11-18-19-14-5-4-6-15(10-14)20(21)22/h4-12,19H,1-3H3. The number of hydrogen-bond acceptors (Lipinski definition) is 6. The van der Waals surface area contributed by atoms with Gasteiger partial charge in [-0.05, 0) is 43.7 Å². The van der Waals surface area contributed by atoms with Gasteiger partial charge in [-0.15, -0.1) is 0 Å². The fourth-order valence-electron chi connectivity index (χ4n) is 1.99. The first kappa shape index (κ1) is 17.3. The Morgan fingerprint density at radius 2 is 2.00 bits per heavy atom. The molecule has 0 fully saturated rings. The Hall–Kier alpha value is -3.09. The molecular weight excluding hydrogens is 310 g/mol. The second-order valence-corrected chi connectivity index (χ2v) is 5.25. The zero-order chi connectivity index (χ0) is 17.5. The summed E-state index contributed by atoms with van der Waals surface area (Å²) in [6.07, 6.45) is 1.65. The third-order valence-corrected chi connectivity index (χ3v) is 3.01. The van der Waals surface area contributed by atoms with Crippen LogP contribution >= 0.6 is 0 Å². The predicted octanol–water partition coefficient (Wildman–Crippen LogP) is 3.84. The molecule has 0 aliphatic heterocycles. The fourth-order valence-corrected chi connectivity index (χ4v) is 1.99. The van der Waals surface area contributed by atoms with Gasteiger partial charge in [0.1, 0.15) is 0 Å². The Bertz CT molecular complexity index is 744. The number of hydrazone groups is 1. The van der Waals surface area contributed by atoms with Gasteiger partial charge in [0.25, 0.3) is 5.69 Å². The molecule has 0 atom stereocenters. The van der Waals surface area contributed by atoms with Gasteiger partial charge in [-0.1, -0.05) is 6.07 Å². The van der Waals surface area contributed by atoms with Crippen molar-refractivity contribution in [1.29, 1.82) is 0 Å². The monoisotopic (exact) mass is 329 g/mol. The molecule has 24 heavy (non-hydrogen) atoms. The zero-order valence-electron chi connectivity index (χ0n) is 13.7. The van der Waals surface area contributed by atoms with E-state index in [1.165, 1.54) is 12.1 Å². The van der Waals surface area contributed by atoms with Gasteiger partial charge in [0, 0.05) is 12.1 Å². The van der Waals surface area contributed by atoms with Crippen molar-refractivity contribution in [2.75, 3.05) is 12.5 Å². The van der Waals surface area contributed by atoms with Crippen LogP contribution in [0.25, 0.3) is 0 Å². The van der Waals surface area contributed by atoms with Crippen molar-refractivity contribution >= 4 is 17.6 Å². The topological polar surface area (TPSA) is 86.0 Å². The Morgan fingerprint density at radius 3 is 2.67 bits per heavy atom. The maximum Gasteiger partial charge on any atom is 0.271 e. The first-order chi connectivity index (χ1) is 11.5. The fraction of sp³-hybridized carbons (Fsp3) is 0.235. The van der Waals surface area contributed by atoms with Crippen LogP contribution in [0, 0.1) is 10.1 Å². The number of nitro benzene ring substituents is 1. The van der Waals surface area contributed by atoms with Gasteiger partial charge >= 0.3 is 0 Å². The van der Waals surface area contributed by atoms with Crippen LogP contribution in [0.3, 0.4) is 0 Å². The summed E-state index contributed by atoms with van der Waals surface area (Å²) in [6.45, 7) is 3.88. The molecule has 0 amide bonds. The first-order valence-corrected chi connectivity index (χ1v) is 7.38. The summed E-state index contributed by atoms with van der Waals surface area (Å²) in [5.41, 5.74) is 4.11. The van der Waals surface area contributed by atoms with Crippen molar-refractivity contribution in [3.05, 3.63) is 58.1 Å². The quantitative estimate of drug-likeness (QED) is 0.474. The van der Waals surface area contributed by atoms with Crippen molar-refractivity contribution in [3.63, 3.8) is 0 Å². The minimum Gasteiger partial charge on any atom is -0.493 e. The second kappa shape index (κ2) is 7.96. The third-order valence-electron chi connectivity index (χ3n) is 3.01. The molecule has 2 aromatic rings. The zero-order valence-corrected chi connectivity index (χ0v) is 13.7. The van der Waals surface area contributed by atoms with Gasteiger partial charge in [-0.2, -0.15) is 5.10 Å². The van der Waals surface area contributed by atoms with E-state index in [0.717, 1.165) is 5.56 Å². The SMILES string of the molecule is COc1cc(C=NNc2cccc([N+](=O)[O-])c2)ccc1OC(C)C. The molecule has 0 aromatic heterocycles. The average Bonchev–Trinajstić information content (AvgIpc) is 2.56. The lowest BCUT2D eigenvalue weighted by Crippen LogP contribution is -2.06. The number of hydrogen-bond donors (Lipinski definition) is 1. The number of methoxy groups -OCH3 is 1. The molecular formula is C17H19N3O4. The Labute approximate surface area is 140 Å². The highest BCUT2D eigenvalue weighted by Crippen LogP contribution is 2.28. The number of nitrogens with zero attached hydrogens (tertiary/aromatic N) is 2. The van der Waals surface area contributed by atoms with E-state index in [4.69, 9.17) is 9.47 Å². The summed E-state index contributed by atoms with van der Waals surface area (Å²) in [6, 6.07) is 11.6. The molecule has 7 heteroatoms. The molecule has 0 bridgehead atoms. The van der Waals surface area contributed by atoms with E-state index in [9.17, 15) is 10.1 Å². The molecule has 126 valence electrons. The molecule has 2 aromatic carbocycles. The Morgan fingerprint density at radius 1 is 1.21 bits per heavy atom. The molecule has 1 N–H and O–H groups in total. The minimum atomic E-state index is -0.451. The van der Waals surface area contributed by atoms with E-state index >= 15 is 0 Å². The van der Waals surface area contributed by atoms with Crippen LogP contribution in [-0.4, -0.2) is 24.4 Å². The van der Waals surface area contributed by atoms with Gasteiger partial charge in [0.05, 0.1) is 30.0 Å². The van der Waals surface area contributed by atoms with Gasteiger partial charge in [-0.3, -0.25) is 15.5 Å². The number of nitrogens with one attached hydrogen (secondary N) is 1. The summed E-state index contributed by atoms with van der Waals surface area (Å²) >= 11 is 0. The Kier molecular flexibility index (Phi) is 5.73. The van der Waals surface area contributed by atoms with Crippen molar-refractivity contribution in [2.45, 2.75) is 20.0 Å². The van der Waals surface area contributed by atoms with Crippen LogP contribution in [-0.2, 0) is 0 Å². The predicted molar refractivity (Wildman–Crippen MR) is 93.1 cm³/mol. The number of benzene rings is 2. The van der Waals surface area contributed by atoms with Crippen LogP contribution < -0.4 is 14.9 Å². The van der Waals surface area contributed by atoms with Crippen molar-refractivity contribution in [1.82, 2.24) is 0 Å². The number of anilines is 1. The average molecular weight is 329 g/mol. The number of ether oxygens (including phenoxy) is 2. The number of non-ortho nitro benzene ring substituents is 1. The summed E-state index contributed by atoms with van der Waals surface area (Å²) in [5, 5.41) is 14.8. The van der Waals surface area contributed by atoms with Gasteiger partial charge in [0.2, 0.25) is 0 Å². The van der Waals surface area contributed by atoms with Crippen LogP contribution in [0.15, 0.2) is 47.6 Å². The summed E-state index contributed by atoms with van der Waals surface area (Å²) in [4.78, 5) is 10.3. The molecule has 0 heterocycles. The molecule has 0 unspecified atom stereocenters. The van der Waals surface area contributed by atoms with Crippen molar-refractivity contribution < 1.29 is 14.4 Å². The second-order valence-electron chi connectivity index (χ2n) is 5.25. The first-order valence-electron chi connectivity index (χ1n) is 7.38. The third kappa shape index (κ3) is 4.70. The molecule has 0 saturated heterocycles. The molecule has 0 aliphatic rings. The van der Waals surface area contributed by atoms with Crippen LogP contribution in [0.4, 0.5) is 11.4 Å². The molecule has 0 spiro atoms. The molecule has 2 rings (SSSR count). The van der Waals surface area contributed by atoms with E-state index < -0.39 is 4.92 Å². The van der Waals surface area contributed by atoms with Gasteiger partial charge < -0.3 is 9.47 Å². The van der Waals surface area contributed by atoms with E-state index in [-0.39, 0.29) is 11.8 Å². The highest BCUT2D eigenvalue weighted by atomic mass is 16.6. The highest BCUT2D eigenvalue weighted by molar-refractivity contribution is 5.81. The van der Waals surface area contributed by atoms with E-state index in [0.29, 0.717) is 17.2 Å². The van der Waals surface area contributed by atoms with E-state index in [1.54, 1.807) is 31.5 Å². The smallest absolute Gasteiger partial charge is 0.271 e. The maximum atomic E-state index is 10.7. The maximum absolute atomic E-state index is 10.7. The van der Waals surface area contributed by atoms with E-state index in [2.05, 4.69) is 10.5 Å². The molecule has 7 nitrogen and oxygen atoms in total. The van der Waals surface area contributed by atoms with Crippen molar-refractivity contribution in [2.24, 2.45) is 5.10 Å². The lowest BCUT2D eigenvalue weighted by Gasteiger charge is -2.13. The lowest BCUT2D eigenvalue weighted by molar-refractivity contribution is -0.384. The Balaban J connectivity index is 2.09. The van der Waals surface area contributed by atoms with Crippen LogP contribution in [0.5, 0.6) is 11.5 Å². The minimum absolute atomic E-state index is 0.00653. The van der Waals surface area contributed by atoms with Crippen molar-refractivity contribution in [3.8, 4) is 11.5 Å². The number of rotatable bonds is 7. The largest absolute Gasteiger partial charge is 0.493 e. The van der Waals surface area contributed by atoms with Gasteiger partial charge in [0.15, 0.2) is 11.5 Å². The summed E-state index contributed by atoms with van der Waals surface area (Å²) < 4.78 is 11.0. The number of nitro groups is 1. The van der Waals surface area contributed by atoms with E-state index in [1.807, 2.05) is 26.0 Å². The van der Waals surface area contributed by atoms with Gasteiger partial charge in [-0.25, -0.2) is 0 Å². The van der Waals surface area contributed by atoms with Crippen LogP contribution in [0.1, 0.15) is 19.4 Å². The lowest BCUT2D eigenvalue weighted by atomic mass is 10.2. The molecule has 0 radical (unpaired) electrons. The summed E-state index contributed by atoms with van der Waals surface area (Å²) in [7, 11) is 1.57. The summed E-state index contributed by atoms with van der Waals surface area (Å²) in [5.74, 6) is 1.28. The molecule has 0 aliphatic carbocycles. The molecule has 0 saturated carbocycles. The highest BCUT2D eigenvalue weighted by Gasteiger charge is 2.07. The van der Waals surface area contributed by atoms with Crippen LogP contribution in [0.2, 0.25) is 0 Å².